The first-order valence-corrected chi connectivity index (χ1v) is 8.71. The molecule has 0 radical (unpaired) electrons. The summed E-state index contributed by atoms with van der Waals surface area (Å²) in [5.41, 5.74) is 0. The lowest BCUT2D eigenvalue weighted by Gasteiger charge is -2.25. The predicted molar refractivity (Wildman–Crippen MR) is 85.1 cm³/mol. The minimum Gasteiger partial charge on any atom is -0.344 e. The van der Waals surface area contributed by atoms with Gasteiger partial charge < -0.3 is 9.80 Å². The zero-order chi connectivity index (χ0) is 17.2. The van der Waals surface area contributed by atoms with Crippen molar-refractivity contribution >= 4 is 21.8 Å². The summed E-state index contributed by atoms with van der Waals surface area (Å²) >= 11 is 0. The highest BCUT2D eigenvalue weighted by molar-refractivity contribution is 7.89. The van der Waals surface area contributed by atoms with Gasteiger partial charge >= 0.3 is 0 Å². The van der Waals surface area contributed by atoms with Crippen LogP contribution < -0.4 is 0 Å². The number of carbonyl (C=O) groups excluding carboxylic acids is 2. The quantitative estimate of drug-likeness (QED) is 0.756. The van der Waals surface area contributed by atoms with Crippen molar-refractivity contribution in [3.63, 3.8) is 0 Å². The molecule has 23 heavy (non-hydrogen) atoms. The summed E-state index contributed by atoms with van der Waals surface area (Å²) in [5.74, 6) is -0.518. The first-order valence-electron chi connectivity index (χ1n) is 7.27. The van der Waals surface area contributed by atoms with Crippen molar-refractivity contribution in [2.75, 3.05) is 34.2 Å². The van der Waals surface area contributed by atoms with E-state index < -0.39 is 22.0 Å². The number of sulfonamides is 1. The van der Waals surface area contributed by atoms with Crippen LogP contribution in [0.1, 0.15) is 6.42 Å². The first-order chi connectivity index (χ1) is 10.7. The molecule has 1 heterocycles. The molecule has 0 unspecified atom stereocenters. The van der Waals surface area contributed by atoms with Gasteiger partial charge in [-0.25, -0.2) is 8.42 Å². The predicted octanol–water partition coefficient (Wildman–Crippen LogP) is -0.00380. The van der Waals surface area contributed by atoms with Gasteiger partial charge in [-0.2, -0.15) is 4.31 Å². The van der Waals surface area contributed by atoms with E-state index in [9.17, 15) is 18.0 Å². The number of likely N-dealkylation sites (tertiary alicyclic amines) is 1. The molecule has 7 nitrogen and oxygen atoms in total. The zero-order valence-corrected chi connectivity index (χ0v) is 14.3. The van der Waals surface area contributed by atoms with E-state index in [-0.39, 0.29) is 17.3 Å². The van der Waals surface area contributed by atoms with Crippen molar-refractivity contribution < 1.29 is 18.0 Å². The number of benzene rings is 1. The maximum Gasteiger partial charge on any atom is 0.245 e. The third-order valence-electron chi connectivity index (χ3n) is 4.07. The number of amides is 2. The Balaban J connectivity index is 2.06. The number of hydrogen-bond donors (Lipinski definition) is 0. The van der Waals surface area contributed by atoms with Gasteiger partial charge in [0.25, 0.3) is 0 Å². The maximum atomic E-state index is 12.4. The standard InChI is InChI=1S/C15H21N3O4S/c1-16-10-9-13(15(16)20)18(3)14(19)11-17(2)23(21,22)12-7-5-4-6-8-12/h4-8,13H,9-11H2,1-3H3/t13-/m1/s1. The third kappa shape index (κ3) is 3.53. The van der Waals surface area contributed by atoms with Gasteiger partial charge in [0.2, 0.25) is 21.8 Å². The molecule has 1 aliphatic rings. The van der Waals surface area contributed by atoms with Crippen LogP contribution in [0.25, 0.3) is 0 Å². The molecule has 1 aromatic carbocycles. The summed E-state index contributed by atoms with van der Waals surface area (Å²) in [5, 5.41) is 0. The highest BCUT2D eigenvalue weighted by atomic mass is 32.2. The fraction of sp³-hybridized carbons (Fsp3) is 0.467. The Morgan fingerprint density at radius 2 is 1.87 bits per heavy atom. The number of carbonyl (C=O) groups is 2. The van der Waals surface area contributed by atoms with E-state index in [1.54, 1.807) is 30.1 Å². The zero-order valence-electron chi connectivity index (χ0n) is 13.5. The first kappa shape index (κ1) is 17.4. The van der Waals surface area contributed by atoms with Crippen molar-refractivity contribution in [1.29, 1.82) is 0 Å². The monoisotopic (exact) mass is 339 g/mol. The summed E-state index contributed by atoms with van der Waals surface area (Å²) < 4.78 is 25.8. The SMILES string of the molecule is CN1CC[C@@H](N(C)C(=O)CN(C)S(=O)(=O)c2ccccc2)C1=O. The van der Waals surface area contributed by atoms with Gasteiger partial charge in [0, 0.05) is 27.7 Å². The Morgan fingerprint density at radius 3 is 2.39 bits per heavy atom. The van der Waals surface area contributed by atoms with Gasteiger partial charge in [-0.05, 0) is 18.6 Å². The van der Waals surface area contributed by atoms with E-state index in [0.717, 1.165) is 4.31 Å². The molecule has 8 heteroatoms. The molecule has 2 amide bonds. The van der Waals surface area contributed by atoms with Crippen LogP contribution in [0.2, 0.25) is 0 Å². The maximum absolute atomic E-state index is 12.4. The lowest BCUT2D eigenvalue weighted by molar-refractivity contribution is -0.140. The number of hydrogen-bond acceptors (Lipinski definition) is 4. The Labute approximate surface area is 136 Å². The Morgan fingerprint density at radius 1 is 1.26 bits per heavy atom. The molecule has 0 aromatic heterocycles. The van der Waals surface area contributed by atoms with E-state index in [2.05, 4.69) is 0 Å². The number of likely N-dealkylation sites (N-methyl/N-ethyl adjacent to an activating group) is 3. The molecule has 0 spiro atoms. The number of nitrogens with zero attached hydrogens (tertiary/aromatic N) is 3. The molecular weight excluding hydrogens is 318 g/mol. The van der Waals surface area contributed by atoms with Gasteiger partial charge in [0.05, 0.1) is 11.4 Å². The average molecular weight is 339 g/mol. The van der Waals surface area contributed by atoms with E-state index in [1.807, 2.05) is 0 Å². The van der Waals surface area contributed by atoms with Crippen LogP contribution in [-0.2, 0) is 19.6 Å². The average Bonchev–Trinajstić information content (AvgIpc) is 2.87. The number of rotatable bonds is 5. The van der Waals surface area contributed by atoms with Gasteiger partial charge in [-0.15, -0.1) is 0 Å². The van der Waals surface area contributed by atoms with Crippen LogP contribution in [0.5, 0.6) is 0 Å². The second-order valence-corrected chi connectivity index (χ2v) is 7.69. The molecule has 1 fully saturated rings. The van der Waals surface area contributed by atoms with E-state index in [4.69, 9.17) is 0 Å². The fourth-order valence-electron chi connectivity index (χ4n) is 2.50. The highest BCUT2D eigenvalue weighted by Crippen LogP contribution is 2.17. The molecule has 0 aliphatic carbocycles. The van der Waals surface area contributed by atoms with Crippen LogP contribution in [-0.4, -0.2) is 74.6 Å². The molecule has 0 saturated carbocycles. The van der Waals surface area contributed by atoms with Gasteiger partial charge in [-0.3, -0.25) is 9.59 Å². The lowest BCUT2D eigenvalue weighted by atomic mass is 10.2. The molecule has 1 aromatic rings. The van der Waals surface area contributed by atoms with Crippen molar-refractivity contribution in [2.24, 2.45) is 0 Å². The fourth-order valence-corrected chi connectivity index (χ4v) is 3.64. The Kier molecular flexibility index (Phi) is 5.06. The molecule has 126 valence electrons. The van der Waals surface area contributed by atoms with Crippen LogP contribution in [0.4, 0.5) is 0 Å². The van der Waals surface area contributed by atoms with Gasteiger partial charge in [0.1, 0.15) is 6.04 Å². The van der Waals surface area contributed by atoms with Gasteiger partial charge in [-0.1, -0.05) is 18.2 Å². The highest BCUT2D eigenvalue weighted by Gasteiger charge is 2.35. The van der Waals surface area contributed by atoms with Crippen LogP contribution >= 0.6 is 0 Å². The largest absolute Gasteiger partial charge is 0.344 e. The van der Waals surface area contributed by atoms with Crippen LogP contribution in [0.3, 0.4) is 0 Å². The van der Waals surface area contributed by atoms with Crippen LogP contribution in [0, 0.1) is 0 Å². The van der Waals surface area contributed by atoms with Crippen molar-refractivity contribution in [1.82, 2.24) is 14.1 Å². The smallest absolute Gasteiger partial charge is 0.245 e. The Hall–Kier alpha value is -1.93. The van der Waals surface area contributed by atoms with Crippen molar-refractivity contribution in [3.05, 3.63) is 30.3 Å². The molecular formula is C15H21N3O4S. The topological polar surface area (TPSA) is 78.0 Å². The second kappa shape index (κ2) is 6.67. The van der Waals surface area contributed by atoms with E-state index >= 15 is 0 Å². The third-order valence-corrected chi connectivity index (χ3v) is 5.89. The van der Waals surface area contributed by atoms with Gasteiger partial charge in [0.15, 0.2) is 0 Å². The Bertz CT molecular complexity index is 690. The summed E-state index contributed by atoms with van der Waals surface area (Å²) in [6.07, 6.45) is 0.562. The van der Waals surface area contributed by atoms with Crippen molar-refractivity contribution in [2.45, 2.75) is 17.4 Å². The molecule has 1 saturated heterocycles. The van der Waals surface area contributed by atoms with Crippen LogP contribution in [0.15, 0.2) is 35.2 Å². The second-order valence-electron chi connectivity index (χ2n) is 5.64. The summed E-state index contributed by atoms with van der Waals surface area (Å²) in [6.45, 7) is 0.292. The normalized spacial score (nSPS) is 18.5. The molecule has 0 bridgehead atoms. The molecule has 0 N–H and O–H groups in total. The lowest BCUT2D eigenvalue weighted by Crippen LogP contribution is -2.46. The molecule has 1 atom stereocenters. The summed E-state index contributed by atoms with van der Waals surface area (Å²) in [7, 11) is 0.855. The summed E-state index contributed by atoms with van der Waals surface area (Å²) in [6, 6.07) is 7.43. The minimum atomic E-state index is -3.72. The molecule has 1 aliphatic heterocycles. The minimum absolute atomic E-state index is 0.116. The van der Waals surface area contributed by atoms with Crippen molar-refractivity contribution in [3.8, 4) is 0 Å². The summed E-state index contributed by atoms with van der Waals surface area (Å²) in [4.78, 5) is 27.3. The molecule has 2 rings (SSSR count). The van der Waals surface area contributed by atoms with E-state index in [0.29, 0.717) is 13.0 Å². The van der Waals surface area contributed by atoms with E-state index in [1.165, 1.54) is 31.1 Å².